The minimum Gasteiger partial charge on any atom is -0.452 e. The number of hydrogen-bond donors (Lipinski definition) is 0. The molecule has 0 atom stereocenters. The lowest BCUT2D eigenvalue weighted by atomic mass is 10.1. The molecule has 0 aliphatic heterocycles. The molecule has 0 saturated heterocycles. The lowest BCUT2D eigenvalue weighted by molar-refractivity contribution is 0.558. The number of oxazole rings is 1. The molecule has 96 valence electrons. The quantitative estimate of drug-likeness (QED) is 0.661. The number of rotatable bonds is 2. The third-order valence-corrected chi connectivity index (χ3v) is 3.06. The molecule has 3 nitrogen and oxygen atoms in total. The van der Waals surface area contributed by atoms with Gasteiger partial charge in [0.05, 0.1) is 11.9 Å². The minimum atomic E-state index is 0.898. The molecule has 0 N–H and O–H groups in total. The van der Waals surface area contributed by atoms with Crippen LogP contribution in [0.1, 0.15) is 5.56 Å². The molecule has 2 heterocycles. The first kappa shape index (κ1) is 13.5. The van der Waals surface area contributed by atoms with Crippen LogP contribution in [-0.2, 0) is 5.33 Å². The van der Waals surface area contributed by atoms with E-state index in [1.165, 1.54) is 18.2 Å². The predicted molar refractivity (Wildman–Crippen MR) is 78.8 cm³/mol. The lowest BCUT2D eigenvalue weighted by Gasteiger charge is -2.00. The van der Waals surface area contributed by atoms with Crippen LogP contribution in [0, 0.1) is 0 Å². The molecule has 0 unspecified atom stereocenters. The van der Waals surface area contributed by atoms with Gasteiger partial charge in [0.15, 0.2) is 6.39 Å². The first-order valence-electron chi connectivity index (χ1n) is 5.78. The number of nitrogens with zero attached hydrogens (tertiary/aromatic N) is 2. The van der Waals surface area contributed by atoms with Crippen LogP contribution in [0.25, 0.3) is 11.3 Å². The molecule has 0 spiro atoms. The highest BCUT2D eigenvalue weighted by Gasteiger charge is 1.97. The van der Waals surface area contributed by atoms with E-state index in [1.54, 1.807) is 6.20 Å². The Balaban J connectivity index is 0.000000224. The summed E-state index contributed by atoms with van der Waals surface area (Å²) in [5.41, 5.74) is 3.47. The summed E-state index contributed by atoms with van der Waals surface area (Å²) in [6.07, 6.45) is 6.29. The van der Waals surface area contributed by atoms with Crippen molar-refractivity contribution in [1.29, 1.82) is 0 Å². The number of halogens is 1. The molecule has 0 fully saturated rings. The monoisotopic (exact) mass is 316 g/mol. The summed E-state index contributed by atoms with van der Waals surface area (Å²) >= 11 is 3.42. The smallest absolute Gasteiger partial charge is 0.180 e. The second-order valence-electron chi connectivity index (χ2n) is 3.72. The number of alkyl halides is 1. The van der Waals surface area contributed by atoms with Crippen LogP contribution < -0.4 is 0 Å². The maximum Gasteiger partial charge on any atom is 0.180 e. The summed E-state index contributed by atoms with van der Waals surface area (Å²) in [6, 6.07) is 14.4. The molecule has 0 amide bonds. The molecular weight excluding hydrogens is 304 g/mol. The van der Waals surface area contributed by atoms with Crippen molar-refractivity contribution < 1.29 is 4.42 Å². The van der Waals surface area contributed by atoms with E-state index in [0.717, 1.165) is 16.6 Å². The van der Waals surface area contributed by atoms with Crippen molar-refractivity contribution in [2.45, 2.75) is 5.33 Å². The van der Waals surface area contributed by atoms with E-state index < -0.39 is 0 Å². The Labute approximate surface area is 120 Å². The number of hydrogen-bond acceptors (Lipinski definition) is 3. The average molecular weight is 317 g/mol. The van der Waals surface area contributed by atoms with Crippen molar-refractivity contribution in [1.82, 2.24) is 9.97 Å². The summed E-state index contributed by atoms with van der Waals surface area (Å²) in [6.45, 7) is 0. The van der Waals surface area contributed by atoms with Crippen molar-refractivity contribution >= 4 is 15.9 Å². The molecule has 0 saturated carbocycles. The van der Waals surface area contributed by atoms with E-state index in [0.29, 0.717) is 0 Å². The molecule has 2 aromatic heterocycles. The SMILES string of the molecule is BrCc1ccc(-c2ccccn2)cc1.c1cocn1. The lowest BCUT2D eigenvalue weighted by Crippen LogP contribution is -1.82. The summed E-state index contributed by atoms with van der Waals surface area (Å²) < 4.78 is 4.47. The van der Waals surface area contributed by atoms with Gasteiger partial charge in [0, 0.05) is 17.1 Å². The molecule has 4 heteroatoms. The zero-order valence-electron chi connectivity index (χ0n) is 10.2. The predicted octanol–water partition coefficient (Wildman–Crippen LogP) is 4.32. The van der Waals surface area contributed by atoms with Crippen LogP contribution in [0.2, 0.25) is 0 Å². The molecule has 3 rings (SSSR count). The average Bonchev–Trinajstić information content (AvgIpc) is 3.08. The first-order chi connectivity index (χ1) is 9.40. The van der Waals surface area contributed by atoms with Crippen molar-refractivity contribution in [3.63, 3.8) is 0 Å². The van der Waals surface area contributed by atoms with E-state index in [-0.39, 0.29) is 0 Å². The maximum absolute atomic E-state index is 4.47. The minimum absolute atomic E-state index is 0.898. The van der Waals surface area contributed by atoms with Gasteiger partial charge in [0.1, 0.15) is 6.26 Å². The molecule has 1 aromatic carbocycles. The van der Waals surface area contributed by atoms with E-state index >= 15 is 0 Å². The number of aromatic nitrogens is 2. The largest absolute Gasteiger partial charge is 0.452 e. The van der Waals surface area contributed by atoms with Gasteiger partial charge in [-0.1, -0.05) is 46.3 Å². The molecule has 0 radical (unpaired) electrons. The molecule has 0 aliphatic rings. The van der Waals surface area contributed by atoms with Gasteiger partial charge >= 0.3 is 0 Å². The standard InChI is InChI=1S/C12H10BrN.C3H3NO/c13-9-10-4-6-11(7-5-10)12-3-1-2-8-14-12;1-2-5-3-4-1/h1-8H,9H2;1-3H. The Morgan fingerprint density at radius 2 is 1.84 bits per heavy atom. The molecule has 3 aromatic rings. The summed E-state index contributed by atoms with van der Waals surface area (Å²) in [4.78, 5) is 7.85. The van der Waals surface area contributed by atoms with Gasteiger partial charge in [-0.05, 0) is 17.7 Å². The van der Waals surface area contributed by atoms with Crippen molar-refractivity contribution in [3.8, 4) is 11.3 Å². The number of pyridine rings is 1. The zero-order chi connectivity index (χ0) is 13.3. The highest BCUT2D eigenvalue weighted by atomic mass is 79.9. The Morgan fingerprint density at radius 1 is 1.00 bits per heavy atom. The third-order valence-electron chi connectivity index (χ3n) is 2.42. The van der Waals surface area contributed by atoms with Gasteiger partial charge in [0.2, 0.25) is 0 Å². The Bertz CT molecular complexity index is 548. The third kappa shape index (κ3) is 4.34. The zero-order valence-corrected chi connectivity index (χ0v) is 11.8. The fourth-order valence-electron chi connectivity index (χ4n) is 1.47. The molecule has 19 heavy (non-hydrogen) atoms. The van der Waals surface area contributed by atoms with Gasteiger partial charge in [-0.25, -0.2) is 4.98 Å². The fourth-order valence-corrected chi connectivity index (χ4v) is 1.85. The van der Waals surface area contributed by atoms with Gasteiger partial charge in [0.25, 0.3) is 0 Å². The van der Waals surface area contributed by atoms with Crippen LogP contribution >= 0.6 is 15.9 Å². The summed E-state index contributed by atoms with van der Waals surface area (Å²) in [7, 11) is 0. The topological polar surface area (TPSA) is 38.9 Å². The van der Waals surface area contributed by atoms with Gasteiger partial charge < -0.3 is 4.42 Å². The Kier molecular flexibility index (Phi) is 5.31. The fraction of sp³-hybridized carbons (Fsp3) is 0.0667. The van der Waals surface area contributed by atoms with E-state index in [2.05, 4.69) is 54.6 Å². The van der Waals surface area contributed by atoms with Crippen LogP contribution in [0.3, 0.4) is 0 Å². The van der Waals surface area contributed by atoms with Crippen molar-refractivity contribution in [3.05, 3.63) is 73.1 Å². The normalized spacial score (nSPS) is 9.53. The van der Waals surface area contributed by atoms with Crippen molar-refractivity contribution in [2.75, 3.05) is 0 Å². The van der Waals surface area contributed by atoms with Crippen LogP contribution in [0.15, 0.2) is 71.9 Å². The maximum atomic E-state index is 4.47. The van der Waals surface area contributed by atoms with Crippen molar-refractivity contribution in [2.24, 2.45) is 0 Å². The van der Waals surface area contributed by atoms with Crippen LogP contribution in [0.4, 0.5) is 0 Å². The molecule has 0 aliphatic carbocycles. The Morgan fingerprint density at radius 3 is 2.32 bits per heavy atom. The van der Waals surface area contributed by atoms with E-state index in [9.17, 15) is 0 Å². The van der Waals surface area contributed by atoms with E-state index in [1.807, 2.05) is 24.4 Å². The second kappa shape index (κ2) is 7.48. The molecule has 0 bridgehead atoms. The molecular formula is C15H13BrN2O. The van der Waals surface area contributed by atoms with Crippen LogP contribution in [0.5, 0.6) is 0 Å². The highest BCUT2D eigenvalue weighted by molar-refractivity contribution is 9.08. The Hall–Kier alpha value is -1.94. The summed E-state index contributed by atoms with van der Waals surface area (Å²) in [5.74, 6) is 0. The number of benzene rings is 1. The second-order valence-corrected chi connectivity index (χ2v) is 4.28. The van der Waals surface area contributed by atoms with E-state index in [4.69, 9.17) is 0 Å². The van der Waals surface area contributed by atoms with Gasteiger partial charge in [-0.2, -0.15) is 0 Å². The first-order valence-corrected chi connectivity index (χ1v) is 6.91. The highest BCUT2D eigenvalue weighted by Crippen LogP contribution is 2.17. The summed E-state index contributed by atoms with van der Waals surface area (Å²) in [5, 5.41) is 0.898. The van der Waals surface area contributed by atoms with Crippen LogP contribution in [-0.4, -0.2) is 9.97 Å². The van der Waals surface area contributed by atoms with Gasteiger partial charge in [-0.15, -0.1) is 0 Å². The van der Waals surface area contributed by atoms with Gasteiger partial charge in [-0.3, -0.25) is 4.98 Å².